The van der Waals surface area contributed by atoms with E-state index in [0.29, 0.717) is 10.5 Å². The molecule has 0 aromatic heterocycles. The molecule has 0 bridgehead atoms. The Kier molecular flexibility index (Phi) is 6.90. The minimum atomic E-state index is -4.44. The summed E-state index contributed by atoms with van der Waals surface area (Å²) in [7, 11) is 0. The Hall–Kier alpha value is -2.03. The molecule has 188 valence electrons. The number of carbonyl (C=O) groups is 1. The van der Waals surface area contributed by atoms with Crippen molar-refractivity contribution in [2.24, 2.45) is 0 Å². The van der Waals surface area contributed by atoms with Crippen molar-refractivity contribution in [3.8, 4) is 0 Å². The van der Waals surface area contributed by atoms with Crippen molar-refractivity contribution < 1.29 is 18.0 Å². The lowest BCUT2D eigenvalue weighted by molar-refractivity contribution is -0.137. The zero-order valence-electron chi connectivity index (χ0n) is 20.0. The minimum Gasteiger partial charge on any atom is -0.343 e. The highest BCUT2D eigenvalue weighted by atomic mass is 32.2. The third kappa shape index (κ3) is 4.98. The molecule has 3 fully saturated rings. The number of amides is 1. The van der Waals surface area contributed by atoms with E-state index in [-0.39, 0.29) is 17.5 Å². The van der Waals surface area contributed by atoms with Gasteiger partial charge in [0.2, 0.25) is 0 Å². The molecule has 2 aromatic rings. The van der Waals surface area contributed by atoms with Crippen molar-refractivity contribution in [3.63, 3.8) is 0 Å². The average Bonchev–Trinajstić information content (AvgIpc) is 3.68. The van der Waals surface area contributed by atoms with Crippen LogP contribution in [0, 0.1) is 0 Å². The molecule has 1 unspecified atom stereocenters. The second-order valence-electron chi connectivity index (χ2n) is 9.94. The molecule has 1 saturated heterocycles. The summed E-state index contributed by atoms with van der Waals surface area (Å²) < 4.78 is 39.7. The molecule has 4 nitrogen and oxygen atoms in total. The van der Waals surface area contributed by atoms with Gasteiger partial charge in [0.05, 0.1) is 17.2 Å². The van der Waals surface area contributed by atoms with E-state index in [1.807, 2.05) is 30.3 Å². The van der Waals surface area contributed by atoms with Gasteiger partial charge in [-0.1, -0.05) is 30.3 Å². The molecule has 1 amide bonds. The van der Waals surface area contributed by atoms with Crippen LogP contribution in [0.2, 0.25) is 0 Å². The fourth-order valence-electron chi connectivity index (χ4n) is 5.74. The van der Waals surface area contributed by atoms with Gasteiger partial charge in [0.1, 0.15) is 0 Å². The third-order valence-corrected chi connectivity index (χ3v) is 8.72. The van der Waals surface area contributed by atoms with Gasteiger partial charge in [-0.05, 0) is 62.1 Å². The number of hydrogen-bond acceptors (Lipinski definition) is 4. The van der Waals surface area contributed by atoms with E-state index in [1.165, 1.54) is 18.9 Å². The van der Waals surface area contributed by atoms with Crippen molar-refractivity contribution in [1.82, 2.24) is 15.1 Å². The molecule has 1 heterocycles. The zero-order chi connectivity index (χ0) is 24.6. The van der Waals surface area contributed by atoms with Crippen molar-refractivity contribution in [3.05, 3.63) is 65.2 Å². The van der Waals surface area contributed by atoms with Crippen molar-refractivity contribution in [1.29, 1.82) is 0 Å². The number of benzene rings is 2. The van der Waals surface area contributed by atoms with Crippen LogP contribution in [0.4, 0.5) is 13.2 Å². The fourth-order valence-corrected chi connectivity index (χ4v) is 6.36. The standard InChI is InChI=1S/C27H32F3N3OS/c1-35-23-18-20(27(28,29)30)8-11-22(23)25(34)31-24(19-6-3-2-4-7-19)26(12-5-13-26)33-16-14-32(15-17-33)21-9-10-21/h2-4,6-8,11,18,21,24H,5,9-10,12-17H2,1H3,(H,31,34). The van der Waals surface area contributed by atoms with Crippen LogP contribution in [-0.2, 0) is 6.18 Å². The fraction of sp³-hybridized carbons (Fsp3) is 0.519. The van der Waals surface area contributed by atoms with E-state index in [9.17, 15) is 18.0 Å². The lowest BCUT2D eigenvalue weighted by atomic mass is 9.67. The summed E-state index contributed by atoms with van der Waals surface area (Å²) in [6, 6.07) is 13.9. The number of carbonyl (C=O) groups excluding carboxylic acids is 1. The van der Waals surface area contributed by atoms with E-state index >= 15 is 0 Å². The van der Waals surface area contributed by atoms with Crippen molar-refractivity contribution in [2.75, 3.05) is 32.4 Å². The topological polar surface area (TPSA) is 35.6 Å². The van der Waals surface area contributed by atoms with Crippen LogP contribution >= 0.6 is 11.8 Å². The molecular formula is C27H32F3N3OS. The molecule has 3 aliphatic rings. The number of hydrogen-bond donors (Lipinski definition) is 1. The Morgan fingerprint density at radius 1 is 1.06 bits per heavy atom. The monoisotopic (exact) mass is 503 g/mol. The predicted molar refractivity (Wildman–Crippen MR) is 133 cm³/mol. The molecule has 2 saturated carbocycles. The first-order chi connectivity index (χ1) is 16.8. The van der Waals surface area contributed by atoms with Crippen LogP contribution in [0.15, 0.2) is 53.4 Å². The van der Waals surface area contributed by atoms with E-state index in [0.717, 1.165) is 80.9 Å². The van der Waals surface area contributed by atoms with Gasteiger partial charge in [0.25, 0.3) is 5.91 Å². The molecule has 35 heavy (non-hydrogen) atoms. The van der Waals surface area contributed by atoms with Gasteiger partial charge < -0.3 is 5.32 Å². The summed E-state index contributed by atoms with van der Waals surface area (Å²) >= 11 is 1.16. The average molecular weight is 504 g/mol. The highest BCUT2D eigenvalue weighted by Crippen LogP contribution is 2.48. The number of alkyl halides is 3. The maximum absolute atomic E-state index is 13.6. The first-order valence-corrected chi connectivity index (χ1v) is 13.6. The maximum Gasteiger partial charge on any atom is 0.416 e. The second kappa shape index (κ2) is 9.79. The Labute approximate surface area is 209 Å². The van der Waals surface area contributed by atoms with E-state index in [2.05, 4.69) is 15.1 Å². The van der Waals surface area contributed by atoms with Gasteiger partial charge in [0, 0.05) is 42.7 Å². The quantitative estimate of drug-likeness (QED) is 0.499. The first kappa shape index (κ1) is 24.7. The Morgan fingerprint density at radius 2 is 1.74 bits per heavy atom. The van der Waals surface area contributed by atoms with Gasteiger partial charge in [-0.25, -0.2) is 0 Å². The first-order valence-electron chi connectivity index (χ1n) is 12.4. The number of piperazine rings is 1. The summed E-state index contributed by atoms with van der Waals surface area (Å²) in [5, 5.41) is 3.28. The summed E-state index contributed by atoms with van der Waals surface area (Å²) in [6.45, 7) is 4.06. The second-order valence-corrected chi connectivity index (χ2v) is 10.8. The van der Waals surface area contributed by atoms with Crippen LogP contribution < -0.4 is 5.32 Å². The Bertz CT molecular complexity index is 1050. The molecule has 2 aromatic carbocycles. The van der Waals surface area contributed by atoms with Crippen LogP contribution in [-0.4, -0.2) is 59.7 Å². The summed E-state index contributed by atoms with van der Waals surface area (Å²) in [5.41, 5.74) is 0.433. The van der Waals surface area contributed by atoms with Gasteiger partial charge in [-0.15, -0.1) is 11.8 Å². The van der Waals surface area contributed by atoms with Crippen LogP contribution in [0.25, 0.3) is 0 Å². The lowest BCUT2D eigenvalue weighted by Crippen LogP contribution is -2.65. The van der Waals surface area contributed by atoms with Crippen LogP contribution in [0.3, 0.4) is 0 Å². The van der Waals surface area contributed by atoms with E-state index in [4.69, 9.17) is 0 Å². The van der Waals surface area contributed by atoms with Crippen molar-refractivity contribution >= 4 is 17.7 Å². The van der Waals surface area contributed by atoms with Gasteiger partial charge in [0.15, 0.2) is 0 Å². The van der Waals surface area contributed by atoms with Gasteiger partial charge in [-0.2, -0.15) is 13.2 Å². The lowest BCUT2D eigenvalue weighted by Gasteiger charge is -2.57. The Morgan fingerprint density at radius 3 is 2.29 bits per heavy atom. The normalized spacial score (nSPS) is 21.8. The number of nitrogens with one attached hydrogen (secondary N) is 1. The minimum absolute atomic E-state index is 0.169. The summed E-state index contributed by atoms with van der Waals surface area (Å²) in [6.07, 6.45) is 2.98. The molecule has 8 heteroatoms. The highest BCUT2D eigenvalue weighted by molar-refractivity contribution is 7.98. The number of nitrogens with zero attached hydrogens (tertiary/aromatic N) is 2. The van der Waals surface area contributed by atoms with Crippen molar-refractivity contribution in [2.45, 2.75) is 60.8 Å². The predicted octanol–water partition coefficient (Wildman–Crippen LogP) is 5.60. The van der Waals surface area contributed by atoms with Crippen LogP contribution in [0.1, 0.15) is 59.6 Å². The van der Waals surface area contributed by atoms with E-state index in [1.54, 1.807) is 6.26 Å². The molecule has 5 rings (SSSR count). The smallest absolute Gasteiger partial charge is 0.343 e. The maximum atomic E-state index is 13.6. The Balaban J connectivity index is 1.42. The molecule has 2 aliphatic carbocycles. The summed E-state index contributed by atoms with van der Waals surface area (Å²) in [4.78, 5) is 19.0. The largest absolute Gasteiger partial charge is 0.416 e. The molecule has 1 aliphatic heterocycles. The zero-order valence-corrected chi connectivity index (χ0v) is 20.8. The third-order valence-electron chi connectivity index (χ3n) is 7.95. The molecular weight excluding hydrogens is 471 g/mol. The molecule has 0 spiro atoms. The van der Waals surface area contributed by atoms with Crippen LogP contribution in [0.5, 0.6) is 0 Å². The van der Waals surface area contributed by atoms with Gasteiger partial charge in [-0.3, -0.25) is 14.6 Å². The number of halogens is 3. The molecule has 1 N–H and O–H groups in total. The highest BCUT2D eigenvalue weighted by Gasteiger charge is 2.51. The SMILES string of the molecule is CSc1cc(C(F)(F)F)ccc1C(=O)NC(c1ccccc1)C1(N2CCN(C3CC3)CC2)CCC1. The van der Waals surface area contributed by atoms with Gasteiger partial charge >= 0.3 is 6.18 Å². The summed E-state index contributed by atoms with van der Waals surface area (Å²) in [5.74, 6) is -0.320. The number of rotatable bonds is 7. The van der Waals surface area contributed by atoms with E-state index < -0.39 is 11.7 Å². The molecule has 0 radical (unpaired) electrons. The molecule has 1 atom stereocenters. The number of thioether (sulfide) groups is 1.